The number of amides is 1. The number of nitrogens with zero attached hydrogens (tertiary/aromatic N) is 2. The first-order valence-electron chi connectivity index (χ1n) is 8.21. The molecule has 146 valence electrons. The van der Waals surface area contributed by atoms with E-state index in [1.54, 1.807) is 0 Å². The monoisotopic (exact) mass is 394 g/mol. The summed E-state index contributed by atoms with van der Waals surface area (Å²) in [4.78, 5) is 15.9. The van der Waals surface area contributed by atoms with Gasteiger partial charge in [-0.2, -0.15) is 4.98 Å². The summed E-state index contributed by atoms with van der Waals surface area (Å²) in [5.74, 6) is -4.67. The Kier molecular flexibility index (Phi) is 5.87. The summed E-state index contributed by atoms with van der Waals surface area (Å²) < 4.78 is 57.4. The van der Waals surface area contributed by atoms with Crippen molar-refractivity contribution in [2.24, 2.45) is 0 Å². The van der Waals surface area contributed by atoms with Crippen LogP contribution in [0.3, 0.4) is 0 Å². The Morgan fingerprint density at radius 2 is 1.75 bits per heavy atom. The molecule has 1 amide bonds. The average Bonchev–Trinajstić information content (AvgIpc) is 3.15. The molecular weight excluding hydrogens is 380 g/mol. The van der Waals surface area contributed by atoms with Gasteiger partial charge in [0.2, 0.25) is 17.6 Å². The lowest BCUT2D eigenvalue weighted by atomic mass is 10.2. The molecule has 1 heterocycles. The Hall–Kier alpha value is -3.43. The summed E-state index contributed by atoms with van der Waals surface area (Å²) in [7, 11) is 0. The molecule has 0 fully saturated rings. The highest BCUT2D eigenvalue weighted by atomic mass is 19.2. The van der Waals surface area contributed by atoms with E-state index in [0.29, 0.717) is 30.1 Å². The second-order valence-corrected chi connectivity index (χ2v) is 5.77. The predicted octanol–water partition coefficient (Wildman–Crippen LogP) is 3.76. The van der Waals surface area contributed by atoms with Crippen LogP contribution in [0.2, 0.25) is 0 Å². The number of carbonyl (C=O) groups is 1. The molecule has 0 radical (unpaired) electrons. The van der Waals surface area contributed by atoms with Crippen LogP contribution in [0.5, 0.6) is 0 Å². The van der Waals surface area contributed by atoms with Gasteiger partial charge in [0.1, 0.15) is 5.82 Å². The quantitative estimate of drug-likeness (QED) is 0.362. The number of benzene rings is 2. The first-order chi connectivity index (χ1) is 13.4. The highest BCUT2D eigenvalue weighted by molar-refractivity contribution is 5.77. The van der Waals surface area contributed by atoms with Crippen LogP contribution in [-0.4, -0.2) is 16.0 Å². The molecule has 0 unspecified atom stereocenters. The topological polar surface area (TPSA) is 80.0 Å². The van der Waals surface area contributed by atoms with Gasteiger partial charge in [-0.3, -0.25) is 15.6 Å². The molecule has 10 heteroatoms. The van der Waals surface area contributed by atoms with Crippen molar-refractivity contribution in [1.29, 1.82) is 0 Å². The van der Waals surface area contributed by atoms with Crippen LogP contribution >= 0.6 is 0 Å². The number of hydrazine groups is 1. The molecule has 28 heavy (non-hydrogen) atoms. The zero-order valence-electron chi connectivity index (χ0n) is 14.3. The molecule has 0 spiro atoms. The van der Waals surface area contributed by atoms with Gasteiger partial charge in [0.15, 0.2) is 17.5 Å². The maximum atomic E-state index is 13.5. The lowest BCUT2D eigenvalue weighted by molar-refractivity contribution is -0.120. The van der Waals surface area contributed by atoms with E-state index in [1.165, 1.54) is 24.3 Å². The van der Waals surface area contributed by atoms with Gasteiger partial charge < -0.3 is 4.52 Å². The van der Waals surface area contributed by atoms with Gasteiger partial charge in [-0.05, 0) is 42.8 Å². The van der Waals surface area contributed by atoms with Gasteiger partial charge in [-0.1, -0.05) is 5.16 Å². The average molecular weight is 394 g/mol. The Balaban J connectivity index is 1.46. The van der Waals surface area contributed by atoms with Crippen molar-refractivity contribution in [1.82, 2.24) is 15.6 Å². The van der Waals surface area contributed by atoms with Crippen LogP contribution in [0.4, 0.5) is 23.2 Å². The summed E-state index contributed by atoms with van der Waals surface area (Å²) in [6, 6.07) is 7.28. The van der Waals surface area contributed by atoms with Crippen LogP contribution in [0.1, 0.15) is 18.7 Å². The van der Waals surface area contributed by atoms with E-state index < -0.39 is 29.0 Å². The third-order valence-electron chi connectivity index (χ3n) is 3.74. The van der Waals surface area contributed by atoms with Crippen LogP contribution in [-0.2, 0) is 11.2 Å². The molecule has 2 aromatic carbocycles. The molecule has 0 atom stereocenters. The summed E-state index contributed by atoms with van der Waals surface area (Å²) in [6.07, 6.45) is 0.687. The summed E-state index contributed by atoms with van der Waals surface area (Å²) >= 11 is 0. The number of hydrogen-bond acceptors (Lipinski definition) is 5. The molecule has 0 saturated carbocycles. The standard InChI is InChI=1S/C18H14F4N4O2/c19-11-6-4-10(5-7-11)18-23-15(28-26-18)3-1-2-14(27)25-24-13-9-8-12(20)16(21)17(13)22/h4-9,24H,1-3H2,(H,25,27). The Morgan fingerprint density at radius 1 is 1.00 bits per heavy atom. The number of hydrogen-bond donors (Lipinski definition) is 2. The van der Waals surface area contributed by atoms with Crippen molar-refractivity contribution < 1.29 is 26.9 Å². The van der Waals surface area contributed by atoms with E-state index in [2.05, 4.69) is 21.0 Å². The SMILES string of the molecule is O=C(CCCc1nc(-c2ccc(F)cc2)no1)NNc1ccc(F)c(F)c1F. The Morgan fingerprint density at radius 3 is 2.50 bits per heavy atom. The van der Waals surface area contributed by atoms with E-state index in [1.807, 2.05) is 0 Å². The Bertz CT molecular complexity index is 976. The minimum atomic E-state index is -1.63. The van der Waals surface area contributed by atoms with Crippen LogP contribution in [0.25, 0.3) is 11.4 Å². The zero-order chi connectivity index (χ0) is 20.1. The molecule has 0 bridgehead atoms. The predicted molar refractivity (Wildman–Crippen MR) is 90.7 cm³/mol. The van der Waals surface area contributed by atoms with Crippen LogP contribution < -0.4 is 10.9 Å². The van der Waals surface area contributed by atoms with Gasteiger partial charge in [0, 0.05) is 18.4 Å². The van der Waals surface area contributed by atoms with E-state index in [4.69, 9.17) is 4.52 Å². The van der Waals surface area contributed by atoms with Gasteiger partial charge in [0.25, 0.3) is 0 Å². The molecule has 0 aliphatic carbocycles. The molecule has 1 aromatic heterocycles. The van der Waals surface area contributed by atoms with E-state index in [9.17, 15) is 22.4 Å². The smallest absolute Gasteiger partial charge is 0.238 e. The molecule has 2 N–H and O–H groups in total. The molecule has 6 nitrogen and oxygen atoms in total. The molecular formula is C18H14F4N4O2. The molecule has 0 aliphatic rings. The molecule has 0 aliphatic heterocycles. The minimum absolute atomic E-state index is 0.0343. The third-order valence-corrected chi connectivity index (χ3v) is 3.74. The zero-order valence-corrected chi connectivity index (χ0v) is 14.3. The van der Waals surface area contributed by atoms with Crippen molar-refractivity contribution in [3.05, 3.63) is 65.6 Å². The summed E-state index contributed by atoms with van der Waals surface area (Å²) in [5, 5.41) is 3.79. The van der Waals surface area contributed by atoms with E-state index >= 15 is 0 Å². The number of nitrogens with one attached hydrogen (secondary N) is 2. The fraction of sp³-hybridized carbons (Fsp3) is 0.167. The molecule has 3 aromatic rings. The lowest BCUT2D eigenvalue weighted by Crippen LogP contribution is -2.29. The fourth-order valence-electron chi connectivity index (χ4n) is 2.29. The summed E-state index contributed by atoms with van der Waals surface area (Å²) in [5.41, 5.74) is 4.58. The lowest BCUT2D eigenvalue weighted by Gasteiger charge is -2.09. The van der Waals surface area contributed by atoms with Gasteiger partial charge in [-0.15, -0.1) is 0 Å². The number of anilines is 1. The van der Waals surface area contributed by atoms with Gasteiger partial charge in [-0.25, -0.2) is 17.6 Å². The third kappa shape index (κ3) is 4.64. The molecule has 0 saturated heterocycles. The van der Waals surface area contributed by atoms with Crippen molar-refractivity contribution in [2.45, 2.75) is 19.3 Å². The highest BCUT2D eigenvalue weighted by Crippen LogP contribution is 2.19. The Labute approximate surface area is 156 Å². The number of rotatable bonds is 7. The summed E-state index contributed by atoms with van der Waals surface area (Å²) in [6.45, 7) is 0. The highest BCUT2D eigenvalue weighted by Gasteiger charge is 2.14. The van der Waals surface area contributed by atoms with Crippen LogP contribution in [0.15, 0.2) is 40.9 Å². The van der Waals surface area contributed by atoms with Crippen molar-refractivity contribution in [3.8, 4) is 11.4 Å². The minimum Gasteiger partial charge on any atom is -0.339 e. The van der Waals surface area contributed by atoms with Crippen LogP contribution in [0, 0.1) is 23.3 Å². The maximum absolute atomic E-state index is 13.5. The largest absolute Gasteiger partial charge is 0.339 e. The van der Waals surface area contributed by atoms with Gasteiger partial charge in [0.05, 0.1) is 5.69 Å². The first-order valence-corrected chi connectivity index (χ1v) is 8.21. The van der Waals surface area contributed by atoms with Gasteiger partial charge >= 0.3 is 0 Å². The number of halogens is 4. The number of aromatic nitrogens is 2. The molecule has 3 rings (SSSR count). The van der Waals surface area contributed by atoms with E-state index in [-0.39, 0.29) is 12.2 Å². The van der Waals surface area contributed by atoms with Crippen molar-refractivity contribution in [3.63, 3.8) is 0 Å². The van der Waals surface area contributed by atoms with Crippen molar-refractivity contribution >= 4 is 11.6 Å². The number of aryl methyl sites for hydroxylation is 1. The second-order valence-electron chi connectivity index (χ2n) is 5.77. The van der Waals surface area contributed by atoms with E-state index in [0.717, 1.165) is 12.1 Å². The second kappa shape index (κ2) is 8.51. The maximum Gasteiger partial charge on any atom is 0.238 e. The fourth-order valence-corrected chi connectivity index (χ4v) is 2.29. The normalized spacial score (nSPS) is 10.7. The number of carbonyl (C=O) groups excluding carboxylic acids is 1. The first kappa shape index (κ1) is 19.3. The van der Waals surface area contributed by atoms with Crippen molar-refractivity contribution in [2.75, 3.05) is 5.43 Å².